The summed E-state index contributed by atoms with van der Waals surface area (Å²) >= 11 is 0. The van der Waals surface area contributed by atoms with E-state index in [2.05, 4.69) is 37.3 Å². The van der Waals surface area contributed by atoms with Gasteiger partial charge in [0.15, 0.2) is 11.5 Å². The van der Waals surface area contributed by atoms with Gasteiger partial charge in [0.25, 0.3) is 0 Å². The van der Waals surface area contributed by atoms with Crippen LogP contribution >= 0.6 is 0 Å². The molecule has 3 heteroatoms. The second-order valence-corrected chi connectivity index (χ2v) is 5.24. The summed E-state index contributed by atoms with van der Waals surface area (Å²) in [6, 6.07) is 14.6. The van der Waals surface area contributed by atoms with Crippen molar-refractivity contribution in [1.29, 1.82) is 0 Å². The smallest absolute Gasteiger partial charge is 0.231 e. The van der Waals surface area contributed by atoms with Crippen LogP contribution in [-0.4, -0.2) is 6.79 Å². The highest BCUT2D eigenvalue weighted by molar-refractivity contribution is 5.44. The average molecular weight is 269 g/mol. The van der Waals surface area contributed by atoms with Crippen LogP contribution in [0.3, 0.4) is 0 Å². The first-order chi connectivity index (χ1) is 9.72. The normalized spacial score (nSPS) is 14.3. The molecule has 1 aliphatic rings. The molecule has 20 heavy (non-hydrogen) atoms. The first kappa shape index (κ1) is 13.0. The predicted molar refractivity (Wildman–Crippen MR) is 79.0 cm³/mol. The Morgan fingerprint density at radius 2 is 1.80 bits per heavy atom. The molecular weight excluding hydrogens is 250 g/mol. The molecule has 104 valence electrons. The van der Waals surface area contributed by atoms with E-state index in [0.29, 0.717) is 6.79 Å². The van der Waals surface area contributed by atoms with Crippen LogP contribution < -0.4 is 15.2 Å². The van der Waals surface area contributed by atoms with Crippen molar-refractivity contribution in [3.05, 3.63) is 59.2 Å². The van der Waals surface area contributed by atoms with Gasteiger partial charge < -0.3 is 15.2 Å². The van der Waals surface area contributed by atoms with Gasteiger partial charge in [0, 0.05) is 6.04 Å². The van der Waals surface area contributed by atoms with Crippen LogP contribution in [-0.2, 0) is 6.42 Å². The minimum Gasteiger partial charge on any atom is -0.454 e. The van der Waals surface area contributed by atoms with Crippen molar-refractivity contribution in [2.45, 2.75) is 25.8 Å². The van der Waals surface area contributed by atoms with E-state index in [1.807, 2.05) is 12.1 Å². The second kappa shape index (κ2) is 5.55. The van der Waals surface area contributed by atoms with E-state index in [4.69, 9.17) is 15.2 Å². The standard InChI is InChI=1S/C17H19NO2/c1-12-2-6-14(7-3-12)15(18)8-4-13-5-9-16-17(10-13)20-11-19-16/h2-3,5-7,9-10,15H,4,8,11,18H2,1H3. The third-order valence-corrected chi connectivity index (χ3v) is 3.69. The summed E-state index contributed by atoms with van der Waals surface area (Å²) in [4.78, 5) is 0. The molecule has 3 nitrogen and oxygen atoms in total. The second-order valence-electron chi connectivity index (χ2n) is 5.24. The molecule has 2 N–H and O–H groups in total. The van der Waals surface area contributed by atoms with Crippen molar-refractivity contribution in [3.63, 3.8) is 0 Å². The molecule has 0 amide bonds. The monoisotopic (exact) mass is 269 g/mol. The third-order valence-electron chi connectivity index (χ3n) is 3.69. The zero-order valence-corrected chi connectivity index (χ0v) is 11.6. The van der Waals surface area contributed by atoms with Gasteiger partial charge in [-0.1, -0.05) is 35.9 Å². The number of benzene rings is 2. The molecule has 1 aliphatic heterocycles. The van der Waals surface area contributed by atoms with Gasteiger partial charge in [0.2, 0.25) is 6.79 Å². The summed E-state index contributed by atoms with van der Waals surface area (Å²) in [5.41, 5.74) is 9.93. The Balaban J connectivity index is 1.63. The van der Waals surface area contributed by atoms with Crippen molar-refractivity contribution in [2.75, 3.05) is 6.79 Å². The van der Waals surface area contributed by atoms with Crippen LogP contribution in [0.2, 0.25) is 0 Å². The highest BCUT2D eigenvalue weighted by Gasteiger charge is 2.13. The number of hydrogen-bond donors (Lipinski definition) is 1. The number of nitrogens with two attached hydrogens (primary N) is 1. The molecule has 0 saturated heterocycles. The molecule has 0 spiro atoms. The van der Waals surface area contributed by atoms with Crippen molar-refractivity contribution < 1.29 is 9.47 Å². The minimum absolute atomic E-state index is 0.0704. The molecule has 1 atom stereocenters. The van der Waals surface area contributed by atoms with Crippen molar-refractivity contribution in [2.24, 2.45) is 5.73 Å². The van der Waals surface area contributed by atoms with Gasteiger partial charge in [-0.15, -0.1) is 0 Å². The summed E-state index contributed by atoms with van der Waals surface area (Å²) in [6.45, 7) is 2.41. The molecule has 0 aliphatic carbocycles. The number of rotatable bonds is 4. The quantitative estimate of drug-likeness (QED) is 0.925. The van der Waals surface area contributed by atoms with Crippen LogP contribution in [0.1, 0.15) is 29.2 Å². The van der Waals surface area contributed by atoms with Crippen molar-refractivity contribution >= 4 is 0 Å². The lowest BCUT2D eigenvalue weighted by Crippen LogP contribution is -2.11. The molecule has 0 radical (unpaired) electrons. The van der Waals surface area contributed by atoms with E-state index in [9.17, 15) is 0 Å². The molecule has 3 rings (SSSR count). The van der Waals surface area contributed by atoms with Crippen LogP contribution in [0.4, 0.5) is 0 Å². The summed E-state index contributed by atoms with van der Waals surface area (Å²) in [7, 11) is 0. The molecule has 0 saturated carbocycles. The molecule has 2 aromatic carbocycles. The predicted octanol–water partition coefficient (Wildman–Crippen LogP) is 3.36. The SMILES string of the molecule is Cc1ccc(C(N)CCc2ccc3c(c2)OCO3)cc1. The van der Waals surface area contributed by atoms with E-state index in [-0.39, 0.29) is 6.04 Å². The van der Waals surface area contributed by atoms with Crippen LogP contribution in [0, 0.1) is 6.92 Å². The lowest BCUT2D eigenvalue weighted by atomic mass is 9.99. The molecular formula is C17H19NO2. The van der Waals surface area contributed by atoms with E-state index < -0.39 is 0 Å². The van der Waals surface area contributed by atoms with Crippen molar-refractivity contribution in [3.8, 4) is 11.5 Å². The average Bonchev–Trinajstić information content (AvgIpc) is 2.93. The fourth-order valence-corrected chi connectivity index (χ4v) is 2.40. The third kappa shape index (κ3) is 2.78. The first-order valence-electron chi connectivity index (χ1n) is 6.93. The molecule has 0 bridgehead atoms. The lowest BCUT2D eigenvalue weighted by Gasteiger charge is -2.12. The van der Waals surface area contributed by atoms with Gasteiger partial charge in [-0.2, -0.15) is 0 Å². The maximum Gasteiger partial charge on any atom is 0.231 e. The fraction of sp³-hybridized carbons (Fsp3) is 0.294. The lowest BCUT2D eigenvalue weighted by molar-refractivity contribution is 0.174. The Hall–Kier alpha value is -2.00. The summed E-state index contributed by atoms with van der Waals surface area (Å²) in [5.74, 6) is 1.67. The number of ether oxygens (including phenoxy) is 2. The number of hydrogen-bond acceptors (Lipinski definition) is 3. The van der Waals surface area contributed by atoms with Gasteiger partial charge >= 0.3 is 0 Å². The number of aryl methyl sites for hydroxylation is 2. The highest BCUT2D eigenvalue weighted by Crippen LogP contribution is 2.33. The molecule has 1 unspecified atom stereocenters. The van der Waals surface area contributed by atoms with Crippen LogP contribution in [0.25, 0.3) is 0 Å². The van der Waals surface area contributed by atoms with Crippen LogP contribution in [0.15, 0.2) is 42.5 Å². The maximum absolute atomic E-state index is 6.25. The Kier molecular flexibility index (Phi) is 3.61. The summed E-state index contributed by atoms with van der Waals surface area (Å²) in [5, 5.41) is 0. The van der Waals surface area contributed by atoms with Gasteiger partial charge in [0.1, 0.15) is 0 Å². The zero-order chi connectivity index (χ0) is 13.9. The van der Waals surface area contributed by atoms with E-state index >= 15 is 0 Å². The van der Waals surface area contributed by atoms with E-state index in [1.54, 1.807) is 0 Å². The van der Waals surface area contributed by atoms with E-state index in [1.165, 1.54) is 16.7 Å². The van der Waals surface area contributed by atoms with Crippen molar-refractivity contribution in [1.82, 2.24) is 0 Å². The topological polar surface area (TPSA) is 44.5 Å². The van der Waals surface area contributed by atoms with Gasteiger partial charge in [-0.3, -0.25) is 0 Å². The minimum atomic E-state index is 0.0704. The summed E-state index contributed by atoms with van der Waals surface area (Å²) in [6.07, 6.45) is 1.86. The van der Waals surface area contributed by atoms with Gasteiger partial charge in [-0.05, 0) is 43.0 Å². The van der Waals surface area contributed by atoms with Crippen LogP contribution in [0.5, 0.6) is 11.5 Å². The Bertz CT molecular complexity index is 592. The van der Waals surface area contributed by atoms with Gasteiger partial charge in [-0.25, -0.2) is 0 Å². The fourth-order valence-electron chi connectivity index (χ4n) is 2.40. The molecule has 2 aromatic rings. The Morgan fingerprint density at radius 1 is 1.05 bits per heavy atom. The molecule has 0 fully saturated rings. The van der Waals surface area contributed by atoms with E-state index in [0.717, 1.165) is 24.3 Å². The summed E-state index contributed by atoms with van der Waals surface area (Å²) < 4.78 is 10.7. The molecule has 0 aromatic heterocycles. The Morgan fingerprint density at radius 3 is 2.60 bits per heavy atom. The zero-order valence-electron chi connectivity index (χ0n) is 11.6. The number of fused-ring (bicyclic) bond motifs is 1. The highest BCUT2D eigenvalue weighted by atomic mass is 16.7. The largest absolute Gasteiger partial charge is 0.454 e. The first-order valence-corrected chi connectivity index (χ1v) is 6.93. The Labute approximate surface area is 119 Å². The molecule has 1 heterocycles. The maximum atomic E-state index is 6.25. The van der Waals surface area contributed by atoms with Gasteiger partial charge in [0.05, 0.1) is 0 Å².